The van der Waals surface area contributed by atoms with Crippen molar-refractivity contribution in [1.82, 2.24) is 4.98 Å². The molecule has 0 unspecified atom stereocenters. The summed E-state index contributed by atoms with van der Waals surface area (Å²) in [6, 6.07) is 7.40. The lowest BCUT2D eigenvalue weighted by Crippen LogP contribution is -2.04. The summed E-state index contributed by atoms with van der Waals surface area (Å²) in [7, 11) is 0. The number of nitrogens with zero attached hydrogens (tertiary/aromatic N) is 1. The Kier molecular flexibility index (Phi) is 3.27. The van der Waals surface area contributed by atoms with E-state index in [0.717, 1.165) is 18.2 Å². The van der Waals surface area contributed by atoms with Crippen LogP contribution in [0.3, 0.4) is 0 Å². The number of anilines is 1. The van der Waals surface area contributed by atoms with E-state index in [-0.39, 0.29) is 17.9 Å². The van der Waals surface area contributed by atoms with Gasteiger partial charge in [0.2, 0.25) is 5.95 Å². The second kappa shape index (κ2) is 4.86. The molecule has 0 amide bonds. The third kappa shape index (κ3) is 2.96. The first-order chi connectivity index (χ1) is 8.15. The Morgan fingerprint density at radius 2 is 1.88 bits per heavy atom. The largest absolute Gasteiger partial charge is 0.366 e. The van der Waals surface area contributed by atoms with Gasteiger partial charge in [0, 0.05) is 12.1 Å². The number of rotatable bonds is 3. The zero-order valence-electron chi connectivity index (χ0n) is 8.75. The second-order valence-corrected chi connectivity index (χ2v) is 3.43. The Bertz CT molecular complexity index is 529. The normalized spacial score (nSPS) is 10.3. The van der Waals surface area contributed by atoms with Gasteiger partial charge in [-0.15, -0.1) is 0 Å². The van der Waals surface area contributed by atoms with Crippen LogP contribution in [0.25, 0.3) is 0 Å². The van der Waals surface area contributed by atoms with E-state index >= 15 is 0 Å². The molecule has 5 heteroatoms. The zero-order valence-corrected chi connectivity index (χ0v) is 8.75. The van der Waals surface area contributed by atoms with E-state index in [1.54, 1.807) is 6.07 Å². The molecule has 0 aliphatic heterocycles. The van der Waals surface area contributed by atoms with E-state index in [1.807, 2.05) is 0 Å². The molecule has 0 saturated carbocycles. The topological polar surface area (TPSA) is 24.9 Å². The van der Waals surface area contributed by atoms with Gasteiger partial charge >= 0.3 is 0 Å². The Morgan fingerprint density at radius 1 is 1.06 bits per heavy atom. The highest BCUT2D eigenvalue weighted by Crippen LogP contribution is 2.12. The summed E-state index contributed by atoms with van der Waals surface area (Å²) in [5, 5.41) is 2.71. The Hall–Kier alpha value is -2.04. The molecule has 88 valence electrons. The van der Waals surface area contributed by atoms with Crippen LogP contribution in [0.2, 0.25) is 0 Å². The molecule has 1 aromatic heterocycles. The average molecular weight is 238 g/mol. The molecule has 1 heterocycles. The highest BCUT2D eigenvalue weighted by Gasteiger charge is 2.04. The van der Waals surface area contributed by atoms with Crippen LogP contribution < -0.4 is 5.32 Å². The van der Waals surface area contributed by atoms with Gasteiger partial charge in [0.15, 0.2) is 0 Å². The molecular formula is C12H9F3N2. The highest BCUT2D eigenvalue weighted by molar-refractivity contribution is 5.35. The Labute approximate surface area is 96.1 Å². The van der Waals surface area contributed by atoms with Crippen LogP contribution in [-0.4, -0.2) is 4.98 Å². The van der Waals surface area contributed by atoms with Crippen molar-refractivity contribution >= 4 is 5.82 Å². The molecule has 2 nitrogen and oxygen atoms in total. The Morgan fingerprint density at radius 3 is 2.65 bits per heavy atom. The third-order valence-electron chi connectivity index (χ3n) is 2.18. The maximum absolute atomic E-state index is 13.3. The van der Waals surface area contributed by atoms with Crippen molar-refractivity contribution < 1.29 is 13.2 Å². The SMILES string of the molecule is Fc1ccc(F)c(CNc2cccc(F)n2)c1. The third-order valence-corrected chi connectivity index (χ3v) is 2.18. The number of nitrogens with one attached hydrogen (secondary N) is 1. The minimum Gasteiger partial charge on any atom is -0.366 e. The van der Waals surface area contributed by atoms with Gasteiger partial charge in [-0.3, -0.25) is 0 Å². The number of benzene rings is 1. The minimum atomic E-state index is -0.630. The summed E-state index contributed by atoms with van der Waals surface area (Å²) >= 11 is 0. The van der Waals surface area contributed by atoms with Crippen molar-refractivity contribution in [1.29, 1.82) is 0 Å². The summed E-state index contributed by atoms with van der Waals surface area (Å²) in [5.74, 6) is -1.39. The molecule has 0 radical (unpaired) electrons. The standard InChI is InChI=1S/C12H9F3N2/c13-9-4-5-10(14)8(6-9)7-16-12-3-1-2-11(15)17-12/h1-6H,7H2,(H,16,17). The number of pyridine rings is 1. The van der Waals surface area contributed by atoms with Gasteiger partial charge in [-0.2, -0.15) is 4.39 Å². The number of aromatic nitrogens is 1. The molecule has 0 spiro atoms. The van der Waals surface area contributed by atoms with Crippen molar-refractivity contribution in [2.75, 3.05) is 5.32 Å². The van der Waals surface area contributed by atoms with E-state index < -0.39 is 17.6 Å². The summed E-state index contributed by atoms with van der Waals surface area (Å²) < 4.78 is 38.9. The van der Waals surface area contributed by atoms with E-state index in [2.05, 4.69) is 10.3 Å². The van der Waals surface area contributed by atoms with Crippen LogP contribution in [0.5, 0.6) is 0 Å². The van der Waals surface area contributed by atoms with Crippen LogP contribution in [0.4, 0.5) is 19.0 Å². The molecule has 0 bridgehead atoms. The lowest BCUT2D eigenvalue weighted by molar-refractivity contribution is 0.582. The lowest BCUT2D eigenvalue weighted by atomic mass is 10.2. The molecule has 2 aromatic rings. The van der Waals surface area contributed by atoms with Crippen LogP contribution in [0.1, 0.15) is 5.56 Å². The highest BCUT2D eigenvalue weighted by atomic mass is 19.1. The van der Waals surface area contributed by atoms with E-state index in [1.165, 1.54) is 12.1 Å². The fourth-order valence-electron chi connectivity index (χ4n) is 1.37. The number of hydrogen-bond acceptors (Lipinski definition) is 2. The number of halogens is 3. The van der Waals surface area contributed by atoms with Gasteiger partial charge in [0.25, 0.3) is 0 Å². The molecule has 0 fully saturated rings. The monoisotopic (exact) mass is 238 g/mol. The maximum atomic E-state index is 13.3. The van der Waals surface area contributed by atoms with Gasteiger partial charge < -0.3 is 5.32 Å². The Balaban J connectivity index is 2.09. The molecule has 0 aliphatic rings. The van der Waals surface area contributed by atoms with Crippen molar-refractivity contribution in [2.24, 2.45) is 0 Å². The lowest BCUT2D eigenvalue weighted by Gasteiger charge is -2.06. The van der Waals surface area contributed by atoms with E-state index in [4.69, 9.17) is 0 Å². The molecule has 1 aromatic carbocycles. The van der Waals surface area contributed by atoms with Crippen molar-refractivity contribution in [2.45, 2.75) is 6.54 Å². The number of hydrogen-bond donors (Lipinski definition) is 1. The molecule has 1 N–H and O–H groups in total. The van der Waals surface area contributed by atoms with E-state index in [9.17, 15) is 13.2 Å². The first-order valence-corrected chi connectivity index (χ1v) is 4.95. The smallest absolute Gasteiger partial charge is 0.214 e. The van der Waals surface area contributed by atoms with Crippen molar-refractivity contribution in [3.05, 3.63) is 59.5 Å². The van der Waals surface area contributed by atoms with Crippen molar-refractivity contribution in [3.8, 4) is 0 Å². The van der Waals surface area contributed by atoms with E-state index in [0.29, 0.717) is 0 Å². The molecule has 0 atom stereocenters. The summed E-state index contributed by atoms with van der Waals surface area (Å²) in [4.78, 5) is 3.55. The first-order valence-electron chi connectivity index (χ1n) is 4.95. The zero-order chi connectivity index (χ0) is 12.3. The van der Waals surface area contributed by atoms with Gasteiger partial charge in [0.1, 0.15) is 17.5 Å². The van der Waals surface area contributed by atoms with Gasteiger partial charge in [-0.25, -0.2) is 13.8 Å². The molecule has 0 aliphatic carbocycles. The van der Waals surface area contributed by atoms with Crippen LogP contribution in [-0.2, 0) is 6.54 Å². The van der Waals surface area contributed by atoms with Crippen LogP contribution in [0.15, 0.2) is 36.4 Å². The average Bonchev–Trinajstić information content (AvgIpc) is 2.30. The van der Waals surface area contributed by atoms with Gasteiger partial charge in [-0.1, -0.05) is 6.07 Å². The predicted molar refractivity (Wildman–Crippen MR) is 57.9 cm³/mol. The van der Waals surface area contributed by atoms with Gasteiger partial charge in [0.05, 0.1) is 0 Å². The predicted octanol–water partition coefficient (Wildman–Crippen LogP) is 3.11. The van der Waals surface area contributed by atoms with Crippen LogP contribution >= 0.6 is 0 Å². The molecule has 2 rings (SSSR count). The summed E-state index contributed by atoms with van der Waals surface area (Å²) in [6.07, 6.45) is 0. The fraction of sp³-hybridized carbons (Fsp3) is 0.0833. The minimum absolute atomic E-state index is 0.0417. The second-order valence-electron chi connectivity index (χ2n) is 3.43. The molecule has 0 saturated heterocycles. The first kappa shape index (κ1) is 11.4. The summed E-state index contributed by atoms with van der Waals surface area (Å²) in [6.45, 7) is 0.0417. The van der Waals surface area contributed by atoms with Crippen molar-refractivity contribution in [3.63, 3.8) is 0 Å². The fourth-order valence-corrected chi connectivity index (χ4v) is 1.37. The molecular weight excluding hydrogens is 229 g/mol. The quantitative estimate of drug-likeness (QED) is 0.831. The van der Waals surface area contributed by atoms with Crippen LogP contribution in [0, 0.1) is 17.6 Å². The molecule has 17 heavy (non-hydrogen) atoms. The summed E-state index contributed by atoms with van der Waals surface area (Å²) in [5.41, 5.74) is 0.163. The maximum Gasteiger partial charge on any atom is 0.214 e. The van der Waals surface area contributed by atoms with Gasteiger partial charge in [-0.05, 0) is 30.3 Å².